The Hall–Kier alpha value is -2.15. The van der Waals surface area contributed by atoms with Crippen molar-refractivity contribution in [3.05, 3.63) is 35.4 Å². The predicted octanol–water partition coefficient (Wildman–Crippen LogP) is 0.915. The van der Waals surface area contributed by atoms with Crippen LogP contribution in [0.4, 0.5) is 13.2 Å². The fourth-order valence-corrected chi connectivity index (χ4v) is 5.13. The molecule has 12 heteroatoms. The molecule has 2 aliphatic carbocycles. The number of rotatable bonds is 0. The highest BCUT2D eigenvalue weighted by Crippen LogP contribution is 2.63. The molecule has 4 aliphatic rings. The largest absolute Gasteiger partial charge is 0.522 e. The number of hydrogen-bond donors (Lipinski definition) is 3. The maximum Gasteiger partial charge on any atom is 0.522 e. The van der Waals surface area contributed by atoms with E-state index in [1.807, 2.05) is 13.1 Å². The zero-order valence-corrected chi connectivity index (χ0v) is 16.4. The maximum absolute atomic E-state index is 12.4. The van der Waals surface area contributed by atoms with E-state index < -0.39 is 32.7 Å². The highest BCUT2D eigenvalue weighted by molar-refractivity contribution is 7.86. The van der Waals surface area contributed by atoms with Crippen LogP contribution >= 0.6 is 0 Å². The van der Waals surface area contributed by atoms with Crippen LogP contribution in [0, 0.1) is 0 Å². The molecule has 30 heavy (non-hydrogen) atoms. The van der Waals surface area contributed by atoms with E-state index in [4.69, 9.17) is 17.7 Å². The Labute approximate surface area is 169 Å². The Morgan fingerprint density at radius 3 is 2.53 bits per heavy atom. The third kappa shape index (κ3) is 2.57. The van der Waals surface area contributed by atoms with Gasteiger partial charge in [0.05, 0.1) is 5.41 Å². The first-order valence-corrected chi connectivity index (χ1v) is 10.4. The van der Waals surface area contributed by atoms with E-state index in [1.165, 1.54) is 6.08 Å². The summed E-state index contributed by atoms with van der Waals surface area (Å²) < 4.78 is 63.4. The van der Waals surface area contributed by atoms with Crippen molar-refractivity contribution in [2.45, 2.75) is 41.5 Å². The lowest BCUT2D eigenvalue weighted by Gasteiger charge is -2.60. The molecule has 3 N–H and O–H groups in total. The molecule has 0 aromatic heterocycles. The van der Waals surface area contributed by atoms with Crippen molar-refractivity contribution in [3.63, 3.8) is 0 Å². The molecule has 4 atom stereocenters. The molecule has 2 unspecified atom stereocenters. The monoisotopic (exact) mass is 449 g/mol. The van der Waals surface area contributed by atoms with Crippen LogP contribution in [0.15, 0.2) is 24.3 Å². The van der Waals surface area contributed by atoms with Gasteiger partial charge < -0.3 is 14.9 Å². The van der Waals surface area contributed by atoms with Crippen LogP contribution in [0.5, 0.6) is 11.5 Å². The molecule has 2 aliphatic heterocycles. The van der Waals surface area contributed by atoms with Crippen molar-refractivity contribution in [1.82, 2.24) is 4.90 Å². The lowest BCUT2D eigenvalue weighted by molar-refractivity contribution is -0.151. The summed E-state index contributed by atoms with van der Waals surface area (Å²) in [6, 6.07) is 3.44. The van der Waals surface area contributed by atoms with Crippen molar-refractivity contribution < 1.29 is 45.9 Å². The zero-order valence-electron chi connectivity index (χ0n) is 15.5. The summed E-state index contributed by atoms with van der Waals surface area (Å²) in [5.41, 5.74) is -5.52. The number of carbonyl (C=O) groups excluding carboxylic acids is 1. The summed E-state index contributed by atoms with van der Waals surface area (Å²) in [7, 11) is -3.83. The highest BCUT2D eigenvalue weighted by Gasteiger charge is 2.71. The molecular weight excluding hydrogens is 431 g/mol. The fourth-order valence-electron chi connectivity index (χ4n) is 5.13. The number of nitrogens with zero attached hydrogens (tertiary/aromatic N) is 1. The molecule has 2 heterocycles. The Morgan fingerprint density at radius 2 is 1.93 bits per heavy atom. The molecule has 0 amide bonds. The minimum Gasteiger partial charge on any atom is -0.504 e. The van der Waals surface area contributed by atoms with E-state index in [-0.39, 0.29) is 17.6 Å². The minimum absolute atomic E-state index is 0.0510. The average molecular weight is 449 g/mol. The zero-order chi connectivity index (χ0) is 22.3. The van der Waals surface area contributed by atoms with Gasteiger partial charge in [-0.05, 0) is 50.2 Å². The lowest BCUT2D eigenvalue weighted by atomic mass is 9.51. The van der Waals surface area contributed by atoms with Crippen molar-refractivity contribution >= 4 is 15.9 Å². The molecule has 164 valence electrons. The van der Waals surface area contributed by atoms with Crippen LogP contribution in [0.2, 0.25) is 0 Å². The van der Waals surface area contributed by atoms with E-state index in [1.54, 1.807) is 12.1 Å². The van der Waals surface area contributed by atoms with E-state index >= 15 is 0 Å². The quantitative estimate of drug-likeness (QED) is 0.395. The van der Waals surface area contributed by atoms with E-state index in [9.17, 15) is 28.2 Å². The van der Waals surface area contributed by atoms with Gasteiger partial charge in [-0.2, -0.15) is 21.6 Å². The number of likely N-dealkylation sites (N-methyl/N-ethyl adjacent to an activating group) is 1. The number of ketones is 1. The van der Waals surface area contributed by atoms with E-state index in [2.05, 4.69) is 4.90 Å². The molecule has 1 aromatic rings. The van der Waals surface area contributed by atoms with Gasteiger partial charge in [-0.15, -0.1) is 0 Å². The van der Waals surface area contributed by atoms with Gasteiger partial charge in [0.2, 0.25) is 0 Å². The first kappa shape index (κ1) is 21.1. The molecule has 0 radical (unpaired) electrons. The van der Waals surface area contributed by atoms with Crippen LogP contribution < -0.4 is 4.74 Å². The number of phenols is 1. The van der Waals surface area contributed by atoms with Crippen molar-refractivity contribution in [2.24, 2.45) is 0 Å². The van der Waals surface area contributed by atoms with Gasteiger partial charge in [-0.1, -0.05) is 6.07 Å². The first-order chi connectivity index (χ1) is 13.7. The van der Waals surface area contributed by atoms with Crippen LogP contribution in [-0.4, -0.2) is 70.7 Å². The van der Waals surface area contributed by atoms with Crippen molar-refractivity contribution in [1.29, 1.82) is 0 Å². The molecule has 5 rings (SSSR count). The number of piperidine rings is 1. The minimum atomic E-state index is -5.84. The maximum atomic E-state index is 12.4. The third-order valence-corrected chi connectivity index (χ3v) is 7.02. The van der Waals surface area contributed by atoms with Crippen molar-refractivity contribution in [2.75, 3.05) is 13.6 Å². The van der Waals surface area contributed by atoms with Crippen LogP contribution in [0.1, 0.15) is 17.5 Å². The molecule has 1 aromatic carbocycles. The number of aromatic hydroxyl groups is 1. The topological polar surface area (TPSA) is 124 Å². The van der Waals surface area contributed by atoms with Gasteiger partial charge in [-0.3, -0.25) is 14.2 Å². The fraction of sp³-hybridized carbons (Fsp3) is 0.500. The molecule has 1 spiro atoms. The predicted molar refractivity (Wildman–Crippen MR) is 95.6 cm³/mol. The SMILES string of the molecule is CN1CC[C@]23c4c5ccc(O)c4O[C@H]2C(=O)C=CC3(O)C1C5.O=S(=O)(O)C(F)(F)F. The number of halogens is 3. The Balaban J connectivity index is 0.000000235. The van der Waals surface area contributed by atoms with Gasteiger partial charge in [0.1, 0.15) is 5.60 Å². The molecule has 8 nitrogen and oxygen atoms in total. The third-order valence-electron chi connectivity index (χ3n) is 6.43. The summed E-state index contributed by atoms with van der Waals surface area (Å²) in [4.78, 5) is 14.6. The highest BCUT2D eigenvalue weighted by atomic mass is 32.2. The summed E-state index contributed by atoms with van der Waals surface area (Å²) in [5.74, 6) is 0.312. The molecule has 1 fully saturated rings. The average Bonchev–Trinajstić information content (AvgIpc) is 2.98. The summed E-state index contributed by atoms with van der Waals surface area (Å²) in [6.07, 6.45) is 3.70. The summed E-state index contributed by atoms with van der Waals surface area (Å²) in [6.45, 7) is 0.794. The number of aliphatic hydroxyl groups is 1. The Kier molecular flexibility index (Phi) is 4.35. The molecule has 2 bridgehead atoms. The number of hydrogen-bond acceptors (Lipinski definition) is 7. The van der Waals surface area contributed by atoms with Gasteiger partial charge in [0.25, 0.3) is 0 Å². The number of phenolic OH excluding ortho intramolecular Hbond substituents is 1. The van der Waals surface area contributed by atoms with Crippen LogP contribution in [0.3, 0.4) is 0 Å². The molecule has 1 saturated heterocycles. The van der Waals surface area contributed by atoms with Crippen LogP contribution in [-0.2, 0) is 26.7 Å². The standard InChI is InChI=1S/C17H17NO4.CHF3O3S/c1-18-7-6-16-13-9-2-3-10(19)14(13)22-15(16)11(20)4-5-17(16,21)12(18)8-9;2-1(3,4)8(5,6)7/h2-5,12,15,19,21H,6-8H2,1H3;(H,5,6,7)/t12?,15-,16-,17?;/m0./s1. The normalized spacial score (nSPS) is 34.0. The summed E-state index contributed by atoms with van der Waals surface area (Å²) in [5, 5.41) is 21.7. The smallest absolute Gasteiger partial charge is 0.504 e. The first-order valence-electron chi connectivity index (χ1n) is 8.95. The lowest BCUT2D eigenvalue weighted by Crippen LogP contribution is -2.74. The summed E-state index contributed by atoms with van der Waals surface area (Å²) >= 11 is 0. The second kappa shape index (κ2) is 6.19. The van der Waals surface area contributed by atoms with Crippen molar-refractivity contribution in [3.8, 4) is 11.5 Å². The number of alkyl halides is 3. The van der Waals surface area contributed by atoms with Gasteiger partial charge >= 0.3 is 15.6 Å². The van der Waals surface area contributed by atoms with E-state index in [0.717, 1.165) is 17.7 Å². The number of carbonyl (C=O) groups is 1. The molecule has 0 saturated carbocycles. The van der Waals surface area contributed by atoms with Gasteiger partial charge in [0, 0.05) is 11.6 Å². The molecular formula is C18H18F3NO7S. The number of ether oxygens (including phenoxy) is 1. The van der Waals surface area contributed by atoms with Gasteiger partial charge in [-0.25, -0.2) is 0 Å². The Bertz CT molecular complexity index is 1070. The van der Waals surface area contributed by atoms with Crippen LogP contribution in [0.25, 0.3) is 0 Å². The Morgan fingerprint density at radius 1 is 1.30 bits per heavy atom. The number of likely N-dealkylation sites (tertiary alicyclic amines) is 1. The second-order valence-corrected chi connectivity index (χ2v) is 9.26. The number of benzene rings is 1. The van der Waals surface area contributed by atoms with Gasteiger partial charge in [0.15, 0.2) is 23.4 Å². The van der Waals surface area contributed by atoms with E-state index in [0.29, 0.717) is 18.6 Å². The second-order valence-electron chi connectivity index (χ2n) is 7.85.